The number of anilines is 5. The van der Waals surface area contributed by atoms with E-state index in [2.05, 4.69) is 118 Å². The minimum Gasteiger partial charge on any atom is -0.497 e. The van der Waals surface area contributed by atoms with Gasteiger partial charge >= 0.3 is 0 Å². The Morgan fingerprint density at radius 3 is 1.62 bits per heavy atom. The molecule has 0 bridgehead atoms. The fraction of sp³-hybridized carbons (Fsp3) is 0.0385. The summed E-state index contributed by atoms with van der Waals surface area (Å²) >= 11 is 1.71. The van der Waals surface area contributed by atoms with Gasteiger partial charge in [0.2, 0.25) is 0 Å². The zero-order valence-corrected chi connectivity index (χ0v) is 33.5. The highest BCUT2D eigenvalue weighted by Gasteiger charge is 2.30. The van der Waals surface area contributed by atoms with E-state index >= 15 is 0 Å². The van der Waals surface area contributed by atoms with E-state index in [4.69, 9.17) is 9.47 Å². The van der Waals surface area contributed by atoms with Gasteiger partial charge in [-0.25, -0.2) is 0 Å². The smallest absolute Gasteiger partial charge is 0.121 e. The highest BCUT2D eigenvalue weighted by molar-refractivity contribution is 7.99. The van der Waals surface area contributed by atoms with Gasteiger partial charge in [0.05, 0.1) is 71.3 Å². The Hall–Kier alpha value is -7.91. The third-order valence-corrected chi connectivity index (χ3v) is 12.1. The van der Waals surface area contributed by atoms with Crippen molar-refractivity contribution in [3.63, 3.8) is 0 Å². The molecular formula is C52H35N5O2S. The molecule has 1 N–H and O–H groups in total. The van der Waals surface area contributed by atoms with Gasteiger partial charge in [-0.2, -0.15) is 10.5 Å². The van der Waals surface area contributed by atoms with Crippen molar-refractivity contribution in [2.45, 2.75) is 9.79 Å². The van der Waals surface area contributed by atoms with Crippen molar-refractivity contribution in [3.05, 3.63) is 181 Å². The number of methoxy groups -OCH3 is 2. The Kier molecular flexibility index (Phi) is 9.18. The van der Waals surface area contributed by atoms with Crippen LogP contribution in [0.25, 0.3) is 49.7 Å². The molecule has 7 nitrogen and oxygen atoms in total. The molecule has 286 valence electrons. The van der Waals surface area contributed by atoms with Gasteiger partial charge in [0.15, 0.2) is 0 Å². The van der Waals surface area contributed by atoms with E-state index in [1.807, 2.05) is 78.9 Å². The highest BCUT2D eigenvalue weighted by Crippen LogP contribution is 2.56. The van der Waals surface area contributed by atoms with Crippen molar-refractivity contribution in [3.8, 4) is 51.6 Å². The zero-order valence-electron chi connectivity index (χ0n) is 32.7. The van der Waals surface area contributed by atoms with Crippen LogP contribution in [-0.2, 0) is 0 Å². The predicted molar refractivity (Wildman–Crippen MR) is 243 cm³/mol. The fourth-order valence-electron chi connectivity index (χ4n) is 8.14. The fourth-order valence-corrected chi connectivity index (χ4v) is 9.16. The minimum atomic E-state index is 0.581. The van der Waals surface area contributed by atoms with Crippen LogP contribution in [0.5, 0.6) is 11.5 Å². The van der Waals surface area contributed by atoms with Crippen LogP contribution in [0.15, 0.2) is 180 Å². The number of ether oxygens (including phenoxy) is 2. The zero-order chi connectivity index (χ0) is 40.7. The molecule has 2 heterocycles. The van der Waals surface area contributed by atoms with Gasteiger partial charge in [0.25, 0.3) is 0 Å². The second kappa shape index (κ2) is 15.1. The predicted octanol–water partition coefficient (Wildman–Crippen LogP) is 13.6. The number of fused-ring (bicyclic) bond motifs is 5. The van der Waals surface area contributed by atoms with E-state index in [1.165, 1.54) is 0 Å². The van der Waals surface area contributed by atoms with Gasteiger partial charge < -0.3 is 24.3 Å². The summed E-state index contributed by atoms with van der Waals surface area (Å²) in [6, 6.07) is 62.3. The number of benzene rings is 8. The SMILES string of the molecule is COc1ccc2c(c1)N(c1cc(-c3ccc(C#N)cc3)c(-c3ccc(C#N)cc3)cc1-n1c3ccccc3c3cc(Nc4ccccc4)ccc31)c1cc(OC)ccc1S2. The van der Waals surface area contributed by atoms with Crippen molar-refractivity contribution >= 4 is 62.0 Å². The molecule has 0 atom stereocenters. The number of nitriles is 2. The Labute approximate surface area is 351 Å². The summed E-state index contributed by atoms with van der Waals surface area (Å²) in [6.07, 6.45) is 0. The monoisotopic (exact) mass is 793 g/mol. The molecule has 0 saturated carbocycles. The molecule has 0 amide bonds. The standard InChI is InChI=1S/C52H35N5O2S/c1-58-39-21-24-51-49(27-39)57(50-28-40(59-2)22-25-52(50)60-51)48-30-43(36-18-14-34(32-54)15-19-36)42(35-16-12-33(31-53)13-17-35)29-47(48)56-45-11-7-6-10-41(45)44-26-38(20-23-46(44)56)55-37-8-4-3-5-9-37/h3-30,55H,1-2H3. The van der Waals surface area contributed by atoms with Crippen LogP contribution >= 0.6 is 11.8 Å². The van der Waals surface area contributed by atoms with E-state index in [-0.39, 0.29) is 0 Å². The summed E-state index contributed by atoms with van der Waals surface area (Å²) < 4.78 is 14.1. The summed E-state index contributed by atoms with van der Waals surface area (Å²) in [7, 11) is 3.39. The van der Waals surface area contributed by atoms with Crippen LogP contribution in [0.1, 0.15) is 11.1 Å². The quantitative estimate of drug-likeness (QED) is 0.164. The van der Waals surface area contributed by atoms with Gasteiger partial charge in [-0.3, -0.25) is 0 Å². The Morgan fingerprint density at radius 2 is 1.03 bits per heavy atom. The Balaban J connectivity index is 1.33. The lowest BCUT2D eigenvalue weighted by molar-refractivity contribution is 0.414. The first-order chi connectivity index (χ1) is 29.5. The van der Waals surface area contributed by atoms with E-state index < -0.39 is 0 Å². The highest BCUT2D eigenvalue weighted by atomic mass is 32.2. The van der Waals surface area contributed by atoms with Crippen LogP contribution in [0.2, 0.25) is 0 Å². The summed E-state index contributed by atoms with van der Waals surface area (Å²) in [5.74, 6) is 1.48. The summed E-state index contributed by atoms with van der Waals surface area (Å²) in [5.41, 5.74) is 12.9. The largest absolute Gasteiger partial charge is 0.497 e. The molecular weight excluding hydrogens is 759 g/mol. The molecule has 0 unspecified atom stereocenters. The molecule has 60 heavy (non-hydrogen) atoms. The maximum Gasteiger partial charge on any atom is 0.121 e. The Morgan fingerprint density at radius 1 is 0.483 bits per heavy atom. The molecule has 0 radical (unpaired) electrons. The molecule has 8 aromatic carbocycles. The van der Waals surface area contributed by atoms with E-state index in [9.17, 15) is 10.5 Å². The topological polar surface area (TPSA) is 86.2 Å². The average Bonchev–Trinajstić information content (AvgIpc) is 3.63. The maximum absolute atomic E-state index is 9.76. The van der Waals surface area contributed by atoms with Crippen molar-refractivity contribution in [1.29, 1.82) is 10.5 Å². The molecule has 8 heteroatoms. The number of hydrogen-bond acceptors (Lipinski definition) is 7. The lowest BCUT2D eigenvalue weighted by atomic mass is 9.91. The van der Waals surface area contributed by atoms with Crippen LogP contribution in [0.3, 0.4) is 0 Å². The first-order valence-electron chi connectivity index (χ1n) is 19.4. The van der Waals surface area contributed by atoms with Crippen LogP contribution in [-0.4, -0.2) is 18.8 Å². The maximum atomic E-state index is 9.76. The van der Waals surface area contributed by atoms with Crippen LogP contribution < -0.4 is 19.7 Å². The molecule has 0 aliphatic carbocycles. The number of hydrogen-bond donors (Lipinski definition) is 1. The van der Waals surface area contributed by atoms with Crippen LogP contribution in [0, 0.1) is 22.7 Å². The van der Waals surface area contributed by atoms with Gasteiger partial charge in [0.1, 0.15) is 11.5 Å². The average molecular weight is 794 g/mol. The molecule has 1 aliphatic rings. The lowest BCUT2D eigenvalue weighted by Gasteiger charge is -2.35. The number of para-hydroxylation sites is 2. The van der Waals surface area contributed by atoms with Crippen molar-refractivity contribution in [2.24, 2.45) is 0 Å². The summed E-state index contributed by atoms with van der Waals surface area (Å²) in [4.78, 5) is 4.48. The summed E-state index contributed by atoms with van der Waals surface area (Å²) in [5, 5.41) is 25.3. The van der Waals surface area contributed by atoms with Gasteiger partial charge in [-0.15, -0.1) is 0 Å². The van der Waals surface area contributed by atoms with E-state index in [1.54, 1.807) is 26.0 Å². The third kappa shape index (κ3) is 6.33. The second-order valence-electron chi connectivity index (χ2n) is 14.4. The number of rotatable bonds is 8. The minimum absolute atomic E-state index is 0.581. The van der Waals surface area contributed by atoms with E-state index in [0.29, 0.717) is 11.1 Å². The van der Waals surface area contributed by atoms with Gasteiger partial charge in [-0.1, -0.05) is 72.4 Å². The molecule has 9 aromatic rings. The van der Waals surface area contributed by atoms with E-state index in [0.717, 1.165) is 99.5 Å². The van der Waals surface area contributed by atoms with Crippen LogP contribution in [0.4, 0.5) is 28.4 Å². The van der Waals surface area contributed by atoms with Crippen molar-refractivity contribution in [2.75, 3.05) is 24.4 Å². The molecule has 1 aliphatic heterocycles. The van der Waals surface area contributed by atoms with Gasteiger partial charge in [0, 0.05) is 44.1 Å². The second-order valence-corrected chi connectivity index (χ2v) is 15.5. The summed E-state index contributed by atoms with van der Waals surface area (Å²) in [6.45, 7) is 0. The lowest BCUT2D eigenvalue weighted by Crippen LogP contribution is -2.18. The molecule has 1 aromatic heterocycles. The van der Waals surface area contributed by atoms with Crippen molar-refractivity contribution in [1.82, 2.24) is 4.57 Å². The first-order valence-corrected chi connectivity index (χ1v) is 20.2. The molecule has 10 rings (SSSR count). The normalized spacial score (nSPS) is 11.7. The number of nitrogens with one attached hydrogen (secondary N) is 1. The van der Waals surface area contributed by atoms with Crippen molar-refractivity contribution < 1.29 is 9.47 Å². The molecule has 0 saturated heterocycles. The number of nitrogens with zero attached hydrogens (tertiary/aromatic N) is 4. The first kappa shape index (κ1) is 36.4. The Bertz CT molecular complexity index is 3150. The third-order valence-electron chi connectivity index (χ3n) is 11.0. The molecule has 0 spiro atoms. The van der Waals surface area contributed by atoms with Gasteiger partial charge in [-0.05, 0) is 119 Å². The number of aromatic nitrogens is 1. The molecule has 0 fully saturated rings.